The number of hydrogen-bond acceptors (Lipinski definition) is 5. The fraction of sp³-hybridized carbons (Fsp3) is 0.533. The van der Waals surface area contributed by atoms with Crippen LogP contribution in [0.25, 0.3) is 0 Å². The lowest BCUT2D eigenvalue weighted by Crippen LogP contribution is -2.41. The van der Waals surface area contributed by atoms with E-state index < -0.39 is 15.9 Å². The molecular weight excluding hydrogens is 356 g/mol. The predicted molar refractivity (Wildman–Crippen MR) is 94.4 cm³/mol. The molecule has 1 amide bonds. The SMILES string of the molecule is COCCCNC(=O)CN(c1cc(C)c(Cl)cc1OC)S(C)(=O)=O. The van der Waals surface area contributed by atoms with Gasteiger partial charge in [0.1, 0.15) is 12.3 Å². The monoisotopic (exact) mass is 378 g/mol. The molecule has 24 heavy (non-hydrogen) atoms. The van der Waals surface area contributed by atoms with Gasteiger partial charge in [-0.2, -0.15) is 0 Å². The van der Waals surface area contributed by atoms with E-state index in [2.05, 4.69) is 5.32 Å². The molecule has 7 nitrogen and oxygen atoms in total. The van der Waals surface area contributed by atoms with Crippen molar-refractivity contribution in [1.29, 1.82) is 0 Å². The van der Waals surface area contributed by atoms with Gasteiger partial charge in [0.05, 0.1) is 19.1 Å². The minimum Gasteiger partial charge on any atom is -0.494 e. The van der Waals surface area contributed by atoms with Crippen LogP contribution in [0.1, 0.15) is 12.0 Å². The van der Waals surface area contributed by atoms with E-state index in [9.17, 15) is 13.2 Å². The Labute approximate surface area is 147 Å². The van der Waals surface area contributed by atoms with Crippen molar-refractivity contribution in [3.63, 3.8) is 0 Å². The maximum Gasteiger partial charge on any atom is 0.240 e. The highest BCUT2D eigenvalue weighted by Crippen LogP contribution is 2.34. The van der Waals surface area contributed by atoms with E-state index in [0.29, 0.717) is 30.2 Å². The second-order valence-corrected chi connectivity index (χ2v) is 7.55. The number of carbonyl (C=O) groups excluding carboxylic acids is 1. The lowest BCUT2D eigenvalue weighted by Gasteiger charge is -2.24. The van der Waals surface area contributed by atoms with Crippen LogP contribution in [-0.4, -0.2) is 54.5 Å². The molecule has 1 aromatic carbocycles. The van der Waals surface area contributed by atoms with Gasteiger partial charge in [0.15, 0.2) is 0 Å². The number of aryl methyl sites for hydroxylation is 1. The first-order valence-corrected chi connectivity index (χ1v) is 9.50. The first-order chi connectivity index (χ1) is 11.2. The Kier molecular flexibility index (Phi) is 7.78. The number of ether oxygens (including phenoxy) is 2. The molecule has 0 aliphatic carbocycles. The van der Waals surface area contributed by atoms with Gasteiger partial charge in [-0.15, -0.1) is 0 Å². The van der Waals surface area contributed by atoms with Crippen molar-refractivity contribution < 1.29 is 22.7 Å². The fourth-order valence-corrected chi connectivity index (χ4v) is 3.02. The minimum absolute atomic E-state index is 0.272. The number of amides is 1. The molecule has 0 aromatic heterocycles. The predicted octanol–water partition coefficient (Wildman–Crippen LogP) is 1.58. The zero-order valence-electron chi connectivity index (χ0n) is 14.3. The molecule has 0 saturated carbocycles. The Morgan fingerprint density at radius 3 is 2.54 bits per heavy atom. The number of carbonyl (C=O) groups is 1. The fourth-order valence-electron chi connectivity index (χ4n) is 2.02. The Balaban J connectivity index is 3.03. The molecule has 0 aliphatic heterocycles. The van der Waals surface area contributed by atoms with E-state index in [0.717, 1.165) is 10.6 Å². The Morgan fingerprint density at radius 1 is 1.33 bits per heavy atom. The summed E-state index contributed by atoms with van der Waals surface area (Å²) in [5.41, 5.74) is 0.954. The Hall–Kier alpha value is -1.51. The molecule has 1 aromatic rings. The molecule has 0 bridgehead atoms. The quantitative estimate of drug-likeness (QED) is 0.659. The average molecular weight is 379 g/mol. The molecule has 0 saturated heterocycles. The zero-order valence-corrected chi connectivity index (χ0v) is 15.8. The number of nitrogens with one attached hydrogen (secondary N) is 1. The summed E-state index contributed by atoms with van der Waals surface area (Å²) < 4.78 is 35.4. The van der Waals surface area contributed by atoms with Gasteiger partial charge in [0.25, 0.3) is 0 Å². The third kappa shape index (κ3) is 5.85. The number of nitrogens with zero attached hydrogens (tertiary/aromatic N) is 1. The van der Waals surface area contributed by atoms with E-state index in [4.69, 9.17) is 21.1 Å². The first kappa shape index (κ1) is 20.5. The lowest BCUT2D eigenvalue weighted by molar-refractivity contribution is -0.119. The number of halogens is 1. The van der Waals surface area contributed by atoms with E-state index >= 15 is 0 Å². The summed E-state index contributed by atoms with van der Waals surface area (Å²) in [5, 5.41) is 3.11. The Bertz CT molecular complexity index is 679. The highest BCUT2D eigenvalue weighted by atomic mass is 35.5. The number of hydrogen-bond donors (Lipinski definition) is 1. The molecule has 9 heteroatoms. The molecule has 0 atom stereocenters. The van der Waals surface area contributed by atoms with Crippen LogP contribution < -0.4 is 14.4 Å². The summed E-state index contributed by atoms with van der Waals surface area (Å²) in [6, 6.07) is 3.11. The summed E-state index contributed by atoms with van der Waals surface area (Å²) >= 11 is 6.05. The highest BCUT2D eigenvalue weighted by Gasteiger charge is 2.24. The van der Waals surface area contributed by atoms with Crippen LogP contribution in [0.5, 0.6) is 5.75 Å². The van der Waals surface area contributed by atoms with Crippen LogP contribution in [-0.2, 0) is 19.6 Å². The van der Waals surface area contributed by atoms with Gasteiger partial charge in [-0.05, 0) is 25.0 Å². The molecule has 0 unspecified atom stereocenters. The van der Waals surface area contributed by atoms with Crippen molar-refractivity contribution in [1.82, 2.24) is 5.32 Å². The van der Waals surface area contributed by atoms with Crippen LogP contribution in [0.4, 0.5) is 5.69 Å². The zero-order chi connectivity index (χ0) is 18.3. The van der Waals surface area contributed by atoms with Crippen LogP contribution in [0.3, 0.4) is 0 Å². The number of rotatable bonds is 9. The third-order valence-corrected chi connectivity index (χ3v) is 4.80. The maximum absolute atomic E-state index is 12.1. The van der Waals surface area contributed by atoms with Gasteiger partial charge in [-0.3, -0.25) is 9.10 Å². The van der Waals surface area contributed by atoms with Crippen LogP contribution in [0, 0.1) is 6.92 Å². The lowest BCUT2D eigenvalue weighted by atomic mass is 10.2. The van der Waals surface area contributed by atoms with Crippen molar-refractivity contribution in [3.05, 3.63) is 22.7 Å². The molecular formula is C15H23ClN2O5S. The summed E-state index contributed by atoms with van der Waals surface area (Å²) in [6.07, 6.45) is 1.68. The molecule has 0 heterocycles. The van der Waals surface area contributed by atoms with E-state index in [1.807, 2.05) is 0 Å². The van der Waals surface area contributed by atoms with Gasteiger partial charge in [0.2, 0.25) is 15.9 Å². The van der Waals surface area contributed by atoms with Crippen LogP contribution >= 0.6 is 11.6 Å². The average Bonchev–Trinajstić information content (AvgIpc) is 2.50. The molecule has 1 N–H and O–H groups in total. The minimum atomic E-state index is -3.69. The molecule has 0 fully saturated rings. The highest BCUT2D eigenvalue weighted by molar-refractivity contribution is 7.92. The summed E-state index contributed by atoms with van der Waals surface area (Å²) in [5.74, 6) is -0.130. The number of sulfonamides is 1. The van der Waals surface area contributed by atoms with E-state index in [-0.39, 0.29) is 18.0 Å². The van der Waals surface area contributed by atoms with Crippen LogP contribution in [0.15, 0.2) is 12.1 Å². The maximum atomic E-state index is 12.1. The second-order valence-electron chi connectivity index (χ2n) is 5.24. The smallest absolute Gasteiger partial charge is 0.240 e. The van der Waals surface area contributed by atoms with Gasteiger partial charge in [-0.25, -0.2) is 8.42 Å². The third-order valence-electron chi connectivity index (χ3n) is 3.26. The van der Waals surface area contributed by atoms with Crippen molar-refractivity contribution in [3.8, 4) is 5.75 Å². The van der Waals surface area contributed by atoms with E-state index in [1.54, 1.807) is 20.1 Å². The van der Waals surface area contributed by atoms with E-state index in [1.165, 1.54) is 13.2 Å². The normalized spacial score (nSPS) is 11.2. The van der Waals surface area contributed by atoms with Crippen molar-refractivity contribution in [2.45, 2.75) is 13.3 Å². The molecule has 136 valence electrons. The molecule has 0 radical (unpaired) electrons. The van der Waals surface area contributed by atoms with Gasteiger partial charge >= 0.3 is 0 Å². The van der Waals surface area contributed by atoms with Crippen molar-refractivity contribution >= 4 is 33.2 Å². The number of anilines is 1. The topological polar surface area (TPSA) is 84.9 Å². The number of benzene rings is 1. The van der Waals surface area contributed by atoms with Crippen LogP contribution in [0.2, 0.25) is 5.02 Å². The van der Waals surface area contributed by atoms with Gasteiger partial charge < -0.3 is 14.8 Å². The number of methoxy groups -OCH3 is 2. The summed E-state index contributed by atoms with van der Waals surface area (Å²) in [7, 11) is -0.702. The Morgan fingerprint density at radius 2 is 2.00 bits per heavy atom. The molecule has 0 aliphatic rings. The van der Waals surface area contributed by atoms with Gasteiger partial charge in [-0.1, -0.05) is 11.6 Å². The van der Waals surface area contributed by atoms with Crippen molar-refractivity contribution in [2.75, 3.05) is 44.5 Å². The second kappa shape index (κ2) is 9.10. The summed E-state index contributed by atoms with van der Waals surface area (Å²) in [6.45, 7) is 2.32. The molecule has 1 rings (SSSR count). The standard InChI is InChI=1S/C15H23ClN2O5S/c1-11-8-13(14(23-3)9-12(11)16)18(24(4,20)21)10-15(19)17-6-5-7-22-2/h8-9H,5-7,10H2,1-4H3,(H,17,19). The molecule has 0 spiro atoms. The van der Waals surface area contributed by atoms with Gasteiger partial charge in [0, 0.05) is 31.4 Å². The summed E-state index contributed by atoms with van der Waals surface area (Å²) in [4.78, 5) is 12.1. The first-order valence-electron chi connectivity index (χ1n) is 7.28. The van der Waals surface area contributed by atoms with Crippen molar-refractivity contribution in [2.24, 2.45) is 0 Å². The largest absolute Gasteiger partial charge is 0.494 e.